The number of thiophene rings is 1. The second kappa shape index (κ2) is 9.00. The van der Waals surface area contributed by atoms with Crippen molar-refractivity contribution in [2.75, 3.05) is 44.3 Å². The number of fused-ring (bicyclic) bond motifs is 1. The molecule has 4 rings (SSSR count). The van der Waals surface area contributed by atoms with Gasteiger partial charge in [0.05, 0.1) is 32.1 Å². The highest BCUT2D eigenvalue weighted by molar-refractivity contribution is 9.11. The Bertz CT molecular complexity index is 965. The fourth-order valence-corrected chi connectivity index (χ4v) is 5.59. The van der Waals surface area contributed by atoms with Crippen LogP contribution in [0.4, 0.5) is 5.13 Å². The van der Waals surface area contributed by atoms with Crippen LogP contribution < -0.4 is 4.90 Å². The molecule has 0 aliphatic carbocycles. The number of rotatable bonds is 6. The summed E-state index contributed by atoms with van der Waals surface area (Å²) >= 11 is 6.52. The zero-order valence-corrected chi connectivity index (χ0v) is 18.9. The lowest BCUT2D eigenvalue weighted by molar-refractivity contribution is 0.0391. The summed E-state index contributed by atoms with van der Waals surface area (Å²) in [6, 6.07) is 10.1. The number of aryl methyl sites for hydroxylation is 1. The second-order valence-electron chi connectivity index (χ2n) is 6.67. The second-order valence-corrected chi connectivity index (χ2v) is 10.1. The Labute approximate surface area is 181 Å². The molecule has 3 heterocycles. The highest BCUT2D eigenvalue weighted by Gasteiger charge is 2.24. The maximum atomic E-state index is 13.3. The van der Waals surface area contributed by atoms with Gasteiger partial charge in [0.15, 0.2) is 5.13 Å². The van der Waals surface area contributed by atoms with E-state index in [1.54, 1.807) is 11.3 Å². The largest absolute Gasteiger partial charge is 0.379 e. The molecule has 1 aliphatic rings. The number of halogens is 1. The predicted octanol–water partition coefficient (Wildman–Crippen LogP) is 4.66. The summed E-state index contributed by atoms with van der Waals surface area (Å²) in [6.07, 6.45) is 0.992. The Morgan fingerprint density at radius 3 is 2.79 bits per heavy atom. The fourth-order valence-electron chi connectivity index (χ4n) is 3.20. The van der Waals surface area contributed by atoms with E-state index < -0.39 is 0 Å². The van der Waals surface area contributed by atoms with Gasteiger partial charge < -0.3 is 4.74 Å². The summed E-state index contributed by atoms with van der Waals surface area (Å²) in [5.41, 5.74) is 2.24. The van der Waals surface area contributed by atoms with Gasteiger partial charge in [-0.1, -0.05) is 24.3 Å². The predicted molar refractivity (Wildman–Crippen MR) is 120 cm³/mol. The number of anilines is 1. The van der Waals surface area contributed by atoms with Gasteiger partial charge in [-0.05, 0) is 52.2 Å². The molecule has 0 radical (unpaired) electrons. The number of amides is 1. The molecule has 0 unspecified atom stereocenters. The van der Waals surface area contributed by atoms with Crippen molar-refractivity contribution in [1.82, 2.24) is 9.88 Å². The molecule has 0 saturated carbocycles. The maximum Gasteiger partial charge on any atom is 0.270 e. The minimum absolute atomic E-state index is 0.0127. The minimum Gasteiger partial charge on any atom is -0.379 e. The molecule has 1 saturated heterocycles. The Balaban J connectivity index is 1.62. The van der Waals surface area contributed by atoms with Crippen molar-refractivity contribution >= 4 is 59.9 Å². The van der Waals surface area contributed by atoms with E-state index in [2.05, 4.69) is 46.0 Å². The molecule has 0 atom stereocenters. The van der Waals surface area contributed by atoms with Crippen molar-refractivity contribution in [2.24, 2.45) is 0 Å². The monoisotopic (exact) mass is 479 g/mol. The summed E-state index contributed by atoms with van der Waals surface area (Å²) in [6.45, 7) is 6.92. The molecule has 1 amide bonds. The van der Waals surface area contributed by atoms with Crippen LogP contribution in [0.2, 0.25) is 0 Å². The van der Waals surface area contributed by atoms with E-state index in [0.717, 1.165) is 63.3 Å². The molecule has 1 aliphatic heterocycles. The number of benzene rings is 1. The van der Waals surface area contributed by atoms with Gasteiger partial charge >= 0.3 is 0 Å². The number of morpholine rings is 1. The van der Waals surface area contributed by atoms with Crippen molar-refractivity contribution in [3.63, 3.8) is 0 Å². The highest BCUT2D eigenvalue weighted by atomic mass is 79.9. The lowest BCUT2D eigenvalue weighted by atomic mass is 10.2. The fraction of sp³-hybridized carbons (Fsp3) is 0.400. The van der Waals surface area contributed by atoms with Crippen LogP contribution in [0.5, 0.6) is 0 Å². The summed E-state index contributed by atoms with van der Waals surface area (Å²) in [7, 11) is 0. The quantitative estimate of drug-likeness (QED) is 0.515. The molecule has 3 aromatic rings. The molecule has 1 aromatic carbocycles. The number of ether oxygens (including phenoxy) is 1. The number of hydrogen-bond donors (Lipinski definition) is 0. The van der Waals surface area contributed by atoms with Gasteiger partial charge in [-0.15, -0.1) is 11.3 Å². The Kier molecular flexibility index (Phi) is 6.42. The highest BCUT2D eigenvalue weighted by Crippen LogP contribution is 2.32. The van der Waals surface area contributed by atoms with Gasteiger partial charge in [-0.3, -0.25) is 14.6 Å². The molecule has 8 heteroatoms. The van der Waals surface area contributed by atoms with E-state index in [9.17, 15) is 4.79 Å². The summed E-state index contributed by atoms with van der Waals surface area (Å²) in [5.74, 6) is 0.0127. The Hall–Kier alpha value is -1.32. The maximum absolute atomic E-state index is 13.3. The first kappa shape index (κ1) is 20.0. The lowest BCUT2D eigenvalue weighted by Gasteiger charge is -2.29. The average molecular weight is 480 g/mol. The van der Waals surface area contributed by atoms with E-state index in [-0.39, 0.29) is 5.91 Å². The molecular formula is C20H22BrN3O2S2. The van der Waals surface area contributed by atoms with Gasteiger partial charge in [0, 0.05) is 26.2 Å². The topological polar surface area (TPSA) is 45.7 Å². The SMILES string of the molecule is CCc1ccc2nc(N(CCN3CCOCC3)C(=O)c3ccc(Br)s3)sc2c1. The van der Waals surface area contributed by atoms with E-state index >= 15 is 0 Å². The molecule has 148 valence electrons. The van der Waals surface area contributed by atoms with Gasteiger partial charge in [0.1, 0.15) is 0 Å². The van der Waals surface area contributed by atoms with Crippen LogP contribution >= 0.6 is 38.6 Å². The van der Waals surface area contributed by atoms with Crippen molar-refractivity contribution < 1.29 is 9.53 Å². The first-order chi connectivity index (χ1) is 13.6. The molecule has 5 nitrogen and oxygen atoms in total. The van der Waals surface area contributed by atoms with Gasteiger partial charge in [-0.25, -0.2) is 4.98 Å². The van der Waals surface area contributed by atoms with Crippen LogP contribution in [-0.2, 0) is 11.2 Å². The normalized spacial score (nSPS) is 15.2. The Morgan fingerprint density at radius 1 is 1.25 bits per heavy atom. The first-order valence-corrected chi connectivity index (χ1v) is 11.8. The van der Waals surface area contributed by atoms with Crippen LogP contribution in [0.3, 0.4) is 0 Å². The standard InChI is InChI=1S/C20H22BrN3O2S2/c1-2-14-3-4-15-17(13-14)28-20(22-15)24(8-7-23-9-11-26-12-10-23)19(25)16-5-6-18(21)27-16/h3-6,13H,2,7-12H2,1H3. The van der Waals surface area contributed by atoms with Crippen molar-refractivity contribution in [3.05, 3.63) is 44.6 Å². The zero-order chi connectivity index (χ0) is 19.5. The number of carbonyl (C=O) groups is 1. The van der Waals surface area contributed by atoms with Gasteiger partial charge in [0.2, 0.25) is 0 Å². The molecule has 28 heavy (non-hydrogen) atoms. The lowest BCUT2D eigenvalue weighted by Crippen LogP contribution is -2.43. The van der Waals surface area contributed by atoms with Crippen LogP contribution in [0, 0.1) is 0 Å². The molecule has 0 N–H and O–H groups in total. The molecule has 0 bridgehead atoms. The van der Waals surface area contributed by atoms with Crippen LogP contribution in [-0.4, -0.2) is 55.2 Å². The number of aromatic nitrogens is 1. The number of thiazole rings is 1. The summed E-state index contributed by atoms with van der Waals surface area (Å²) < 4.78 is 7.53. The van der Waals surface area contributed by atoms with Gasteiger partial charge in [-0.2, -0.15) is 0 Å². The van der Waals surface area contributed by atoms with E-state index in [4.69, 9.17) is 9.72 Å². The van der Waals surface area contributed by atoms with E-state index in [1.807, 2.05) is 17.0 Å². The Morgan fingerprint density at radius 2 is 2.07 bits per heavy atom. The van der Waals surface area contributed by atoms with Gasteiger partial charge in [0.25, 0.3) is 5.91 Å². The first-order valence-electron chi connectivity index (χ1n) is 9.41. The third kappa shape index (κ3) is 4.46. The minimum atomic E-state index is 0.0127. The van der Waals surface area contributed by atoms with Crippen molar-refractivity contribution in [1.29, 1.82) is 0 Å². The van der Waals surface area contributed by atoms with E-state index in [0.29, 0.717) is 6.54 Å². The molecule has 1 fully saturated rings. The number of nitrogens with zero attached hydrogens (tertiary/aromatic N) is 3. The number of carbonyl (C=O) groups excluding carboxylic acids is 1. The average Bonchev–Trinajstić information content (AvgIpc) is 3.34. The molecule has 0 spiro atoms. The summed E-state index contributed by atoms with van der Waals surface area (Å²) in [5, 5.41) is 0.769. The summed E-state index contributed by atoms with van der Waals surface area (Å²) in [4.78, 5) is 23.0. The molecular weight excluding hydrogens is 458 g/mol. The van der Waals surface area contributed by atoms with Crippen LogP contribution in [0.1, 0.15) is 22.2 Å². The van der Waals surface area contributed by atoms with Crippen molar-refractivity contribution in [2.45, 2.75) is 13.3 Å². The third-order valence-corrected chi connectivity index (χ3v) is 7.51. The molecule has 2 aromatic heterocycles. The third-order valence-electron chi connectivity index (χ3n) is 4.85. The number of hydrogen-bond acceptors (Lipinski definition) is 6. The van der Waals surface area contributed by atoms with E-state index in [1.165, 1.54) is 16.9 Å². The van der Waals surface area contributed by atoms with Crippen LogP contribution in [0.15, 0.2) is 34.1 Å². The zero-order valence-electron chi connectivity index (χ0n) is 15.7. The van der Waals surface area contributed by atoms with Crippen LogP contribution in [0.25, 0.3) is 10.2 Å². The van der Waals surface area contributed by atoms with Crippen molar-refractivity contribution in [3.8, 4) is 0 Å². The smallest absolute Gasteiger partial charge is 0.270 e.